The molecule has 0 saturated carbocycles. The van der Waals surface area contributed by atoms with Crippen LogP contribution in [0.1, 0.15) is 31.9 Å². The van der Waals surface area contributed by atoms with E-state index in [2.05, 4.69) is 41.9 Å². The van der Waals surface area contributed by atoms with Crippen LogP contribution in [0.5, 0.6) is 0 Å². The molecule has 0 bridgehead atoms. The third kappa shape index (κ3) is 5.07. The minimum absolute atomic E-state index is 0.140. The topological polar surface area (TPSA) is 41.6 Å². The van der Waals surface area contributed by atoms with Crippen LogP contribution in [0, 0.1) is 0 Å². The number of nitrogens with zero attached hydrogens (tertiary/aromatic N) is 1. The second-order valence-electron chi connectivity index (χ2n) is 6.25. The van der Waals surface area contributed by atoms with Crippen LogP contribution in [0.4, 0.5) is 0 Å². The van der Waals surface area contributed by atoms with E-state index in [0.29, 0.717) is 6.54 Å². The lowest BCUT2D eigenvalue weighted by Crippen LogP contribution is -2.39. The number of hydrogen-bond acceptors (Lipinski definition) is 4. The number of nitrogens with one attached hydrogen (secondary N) is 1. The monoisotopic (exact) mass is 340 g/mol. The molecule has 1 atom stereocenters. The van der Waals surface area contributed by atoms with Crippen molar-refractivity contribution in [2.24, 2.45) is 0 Å². The summed E-state index contributed by atoms with van der Waals surface area (Å²) >= 11 is 0. The van der Waals surface area contributed by atoms with E-state index in [1.54, 1.807) is 0 Å². The summed E-state index contributed by atoms with van der Waals surface area (Å²) in [5.74, 6) is -0.256. The molecule has 1 aliphatic heterocycles. The number of methoxy groups -OCH3 is 1. The highest BCUT2D eigenvalue weighted by molar-refractivity contribution is 5.89. The Morgan fingerprint density at radius 2 is 2.12 bits per heavy atom. The van der Waals surface area contributed by atoms with Crippen LogP contribution in [-0.4, -0.2) is 37.6 Å². The first-order chi connectivity index (χ1) is 12.1. The van der Waals surface area contributed by atoms with Crippen LogP contribution in [0.2, 0.25) is 0 Å². The second-order valence-corrected chi connectivity index (χ2v) is 6.25. The third-order valence-corrected chi connectivity index (χ3v) is 4.59. The van der Waals surface area contributed by atoms with Gasteiger partial charge in [-0.2, -0.15) is 0 Å². The predicted molar refractivity (Wildman–Crippen MR) is 102 cm³/mol. The molecule has 0 aromatic heterocycles. The zero-order valence-corrected chi connectivity index (χ0v) is 15.4. The zero-order valence-electron chi connectivity index (χ0n) is 15.4. The number of benzene rings is 1. The SMILES string of the molecule is C=CC(=CC)CN1CCC(NC(C)c2ccccc2)=C(C(=O)OC)C1. The largest absolute Gasteiger partial charge is 0.466 e. The summed E-state index contributed by atoms with van der Waals surface area (Å²) in [5, 5.41) is 3.52. The summed E-state index contributed by atoms with van der Waals surface area (Å²) in [6, 6.07) is 10.4. The Bertz CT molecular complexity index is 662. The molecule has 0 amide bonds. The fraction of sp³-hybridized carbons (Fsp3) is 0.381. The molecular formula is C21H28N2O2. The van der Waals surface area contributed by atoms with Crippen molar-refractivity contribution in [2.75, 3.05) is 26.7 Å². The first-order valence-corrected chi connectivity index (χ1v) is 8.70. The van der Waals surface area contributed by atoms with E-state index in [1.807, 2.05) is 31.2 Å². The van der Waals surface area contributed by atoms with Crippen LogP contribution in [0.25, 0.3) is 0 Å². The van der Waals surface area contributed by atoms with Crippen LogP contribution in [0.15, 0.2) is 65.9 Å². The summed E-state index contributed by atoms with van der Waals surface area (Å²) in [6.07, 6.45) is 4.72. The lowest BCUT2D eigenvalue weighted by Gasteiger charge is -2.32. The van der Waals surface area contributed by atoms with Gasteiger partial charge in [-0.3, -0.25) is 4.90 Å². The molecule has 1 aliphatic rings. The zero-order chi connectivity index (χ0) is 18.2. The highest BCUT2D eigenvalue weighted by Crippen LogP contribution is 2.22. The summed E-state index contributed by atoms with van der Waals surface area (Å²) in [6.45, 7) is 10.2. The molecule has 0 aliphatic carbocycles. The van der Waals surface area contributed by atoms with E-state index < -0.39 is 0 Å². The Hall–Kier alpha value is -2.33. The van der Waals surface area contributed by atoms with Crippen LogP contribution < -0.4 is 5.32 Å². The minimum Gasteiger partial charge on any atom is -0.466 e. The maximum absolute atomic E-state index is 12.3. The number of carbonyl (C=O) groups excluding carboxylic acids is 1. The van der Waals surface area contributed by atoms with E-state index >= 15 is 0 Å². The fourth-order valence-corrected chi connectivity index (χ4v) is 3.04. The van der Waals surface area contributed by atoms with E-state index in [1.165, 1.54) is 18.2 Å². The Kier molecular flexibility index (Phi) is 7.02. The molecule has 1 aromatic carbocycles. The summed E-state index contributed by atoms with van der Waals surface area (Å²) < 4.78 is 5.01. The van der Waals surface area contributed by atoms with E-state index in [0.717, 1.165) is 30.8 Å². The average molecular weight is 340 g/mol. The molecule has 134 valence electrons. The number of esters is 1. The summed E-state index contributed by atoms with van der Waals surface area (Å²) in [4.78, 5) is 14.5. The van der Waals surface area contributed by atoms with Crippen molar-refractivity contribution in [1.82, 2.24) is 10.2 Å². The molecular weight excluding hydrogens is 312 g/mol. The van der Waals surface area contributed by atoms with Gasteiger partial charge in [0.1, 0.15) is 0 Å². The Morgan fingerprint density at radius 1 is 1.40 bits per heavy atom. The van der Waals surface area contributed by atoms with Gasteiger partial charge in [0.2, 0.25) is 0 Å². The Morgan fingerprint density at radius 3 is 2.72 bits per heavy atom. The van der Waals surface area contributed by atoms with Gasteiger partial charge >= 0.3 is 5.97 Å². The molecule has 0 radical (unpaired) electrons. The first kappa shape index (κ1) is 19.0. The lowest BCUT2D eigenvalue weighted by atomic mass is 10.0. The van der Waals surface area contributed by atoms with Gasteiger partial charge in [-0.1, -0.05) is 49.1 Å². The minimum atomic E-state index is -0.256. The van der Waals surface area contributed by atoms with E-state index in [9.17, 15) is 4.79 Å². The van der Waals surface area contributed by atoms with E-state index in [4.69, 9.17) is 4.74 Å². The van der Waals surface area contributed by atoms with Gasteiger partial charge in [0, 0.05) is 37.8 Å². The summed E-state index contributed by atoms with van der Waals surface area (Å²) in [5.41, 5.74) is 4.07. The Balaban J connectivity index is 2.16. The number of hydrogen-bond donors (Lipinski definition) is 1. The van der Waals surface area contributed by atoms with Gasteiger partial charge < -0.3 is 10.1 Å². The third-order valence-electron chi connectivity index (χ3n) is 4.59. The average Bonchev–Trinajstić information content (AvgIpc) is 2.67. The fourth-order valence-electron chi connectivity index (χ4n) is 3.04. The lowest BCUT2D eigenvalue weighted by molar-refractivity contribution is -0.136. The standard InChI is InChI=1S/C21H28N2O2/c1-5-17(6-2)14-23-13-12-20(19(15-23)21(24)25-4)22-16(3)18-10-8-7-9-11-18/h5-11,16,22H,1,12-15H2,2-4H3. The van der Waals surface area contributed by atoms with Crippen LogP contribution in [0.3, 0.4) is 0 Å². The van der Waals surface area contributed by atoms with Crippen molar-refractivity contribution in [2.45, 2.75) is 26.3 Å². The molecule has 2 rings (SSSR count). The van der Waals surface area contributed by atoms with Crippen molar-refractivity contribution in [3.8, 4) is 0 Å². The molecule has 4 heteroatoms. The van der Waals surface area contributed by atoms with Gasteiger partial charge in [0.25, 0.3) is 0 Å². The molecule has 0 saturated heterocycles. The van der Waals surface area contributed by atoms with Crippen molar-refractivity contribution < 1.29 is 9.53 Å². The summed E-state index contributed by atoms with van der Waals surface area (Å²) in [7, 11) is 1.44. The number of allylic oxidation sites excluding steroid dienone is 1. The molecule has 1 unspecified atom stereocenters. The molecule has 1 aromatic rings. The van der Waals surface area contributed by atoms with Crippen molar-refractivity contribution in [1.29, 1.82) is 0 Å². The van der Waals surface area contributed by atoms with Crippen LogP contribution in [-0.2, 0) is 9.53 Å². The second kappa shape index (κ2) is 9.23. The van der Waals surface area contributed by atoms with Crippen molar-refractivity contribution in [3.05, 3.63) is 71.5 Å². The highest BCUT2D eigenvalue weighted by atomic mass is 16.5. The molecule has 1 N–H and O–H groups in total. The Labute approximate surface area is 150 Å². The normalized spacial score (nSPS) is 17.2. The van der Waals surface area contributed by atoms with Gasteiger partial charge in [-0.15, -0.1) is 0 Å². The van der Waals surface area contributed by atoms with Gasteiger partial charge in [0.15, 0.2) is 0 Å². The molecule has 1 heterocycles. The number of carbonyl (C=O) groups is 1. The first-order valence-electron chi connectivity index (χ1n) is 8.70. The van der Waals surface area contributed by atoms with Gasteiger partial charge in [-0.25, -0.2) is 4.79 Å². The molecule has 0 spiro atoms. The highest BCUT2D eigenvalue weighted by Gasteiger charge is 2.25. The maximum atomic E-state index is 12.3. The predicted octanol–water partition coefficient (Wildman–Crippen LogP) is 3.60. The quantitative estimate of drug-likeness (QED) is 0.608. The van der Waals surface area contributed by atoms with Gasteiger partial charge in [-0.05, 0) is 25.0 Å². The smallest absolute Gasteiger partial charge is 0.336 e. The van der Waals surface area contributed by atoms with E-state index in [-0.39, 0.29) is 12.0 Å². The number of ether oxygens (including phenoxy) is 1. The van der Waals surface area contributed by atoms with Crippen molar-refractivity contribution in [3.63, 3.8) is 0 Å². The molecule has 4 nitrogen and oxygen atoms in total. The van der Waals surface area contributed by atoms with Gasteiger partial charge in [0.05, 0.1) is 12.7 Å². The maximum Gasteiger partial charge on any atom is 0.336 e. The number of rotatable bonds is 7. The molecule has 0 fully saturated rings. The molecule has 25 heavy (non-hydrogen) atoms. The van der Waals surface area contributed by atoms with Crippen molar-refractivity contribution >= 4 is 5.97 Å². The van der Waals surface area contributed by atoms with Crippen LogP contribution >= 0.6 is 0 Å².